The van der Waals surface area contributed by atoms with Gasteiger partial charge in [-0.25, -0.2) is 0 Å². The van der Waals surface area contributed by atoms with Gasteiger partial charge in [0.05, 0.1) is 20.3 Å². The number of ether oxygens (including phenoxy) is 2. The minimum Gasteiger partial charge on any atom is -0.493 e. The highest BCUT2D eigenvalue weighted by Gasteiger charge is 2.16. The number of methoxy groups -OCH3 is 2. The van der Waals surface area contributed by atoms with Crippen molar-refractivity contribution in [3.63, 3.8) is 0 Å². The number of thiophene rings is 1. The van der Waals surface area contributed by atoms with Crippen LogP contribution in [-0.4, -0.2) is 20.1 Å². The van der Waals surface area contributed by atoms with E-state index in [-0.39, 0.29) is 11.9 Å². The van der Waals surface area contributed by atoms with Crippen LogP contribution in [0.1, 0.15) is 28.2 Å². The highest BCUT2D eigenvalue weighted by Crippen LogP contribution is 2.30. The first-order chi connectivity index (χ1) is 10.1. The molecule has 0 saturated heterocycles. The summed E-state index contributed by atoms with van der Waals surface area (Å²) in [5.74, 6) is 1.22. The third-order valence-corrected chi connectivity index (χ3v) is 4.92. The average molecular weight is 370 g/mol. The number of halogens is 1. The maximum Gasteiger partial charge on any atom is 0.262 e. The van der Waals surface area contributed by atoms with Crippen molar-refractivity contribution in [1.82, 2.24) is 5.32 Å². The summed E-state index contributed by atoms with van der Waals surface area (Å²) in [6, 6.07) is 7.34. The molecule has 1 N–H and O–H groups in total. The quantitative estimate of drug-likeness (QED) is 0.865. The Hall–Kier alpha value is -1.53. The van der Waals surface area contributed by atoms with Crippen LogP contribution >= 0.6 is 27.3 Å². The number of carbonyl (C=O) groups excluding carboxylic acids is 1. The summed E-state index contributed by atoms with van der Waals surface area (Å²) in [4.78, 5) is 12.9. The van der Waals surface area contributed by atoms with Crippen LogP contribution in [0.25, 0.3) is 0 Å². The molecule has 0 aliphatic carbocycles. The zero-order chi connectivity index (χ0) is 15.4. The van der Waals surface area contributed by atoms with Gasteiger partial charge in [0.25, 0.3) is 5.91 Å². The van der Waals surface area contributed by atoms with Gasteiger partial charge in [0.2, 0.25) is 0 Å². The van der Waals surface area contributed by atoms with E-state index < -0.39 is 0 Å². The van der Waals surface area contributed by atoms with Crippen molar-refractivity contribution < 1.29 is 14.3 Å². The molecule has 0 saturated carbocycles. The number of nitrogens with one attached hydrogen (secondary N) is 1. The van der Waals surface area contributed by atoms with Gasteiger partial charge in [-0.05, 0) is 52.0 Å². The molecule has 1 unspecified atom stereocenters. The second-order valence-corrected chi connectivity index (χ2v) is 6.18. The number of benzene rings is 1. The molecule has 0 radical (unpaired) electrons. The monoisotopic (exact) mass is 369 g/mol. The number of amides is 1. The lowest BCUT2D eigenvalue weighted by Crippen LogP contribution is -2.26. The van der Waals surface area contributed by atoms with Gasteiger partial charge < -0.3 is 14.8 Å². The van der Waals surface area contributed by atoms with Crippen LogP contribution < -0.4 is 14.8 Å². The Balaban J connectivity index is 2.15. The van der Waals surface area contributed by atoms with Gasteiger partial charge in [0.15, 0.2) is 11.5 Å². The first kappa shape index (κ1) is 15.9. The molecule has 1 heterocycles. The predicted octanol–water partition coefficient (Wildman–Crippen LogP) is 4.02. The molecule has 0 bridgehead atoms. The Morgan fingerprint density at radius 3 is 2.52 bits per heavy atom. The zero-order valence-corrected chi connectivity index (χ0v) is 14.4. The maximum atomic E-state index is 12.2. The SMILES string of the molecule is COc1ccc(C(C)NC(=O)c2sccc2Br)cc1OC. The van der Waals surface area contributed by atoms with Crippen LogP contribution in [0.15, 0.2) is 34.1 Å². The third-order valence-electron chi connectivity index (χ3n) is 3.08. The van der Waals surface area contributed by atoms with Crippen molar-refractivity contribution in [3.05, 3.63) is 44.6 Å². The molecule has 4 nitrogen and oxygen atoms in total. The first-order valence-electron chi connectivity index (χ1n) is 6.32. The Bertz CT molecular complexity index is 642. The molecule has 6 heteroatoms. The van der Waals surface area contributed by atoms with Crippen molar-refractivity contribution in [2.75, 3.05) is 14.2 Å². The van der Waals surface area contributed by atoms with Crippen molar-refractivity contribution in [3.8, 4) is 11.5 Å². The number of carbonyl (C=O) groups is 1. The fourth-order valence-electron chi connectivity index (χ4n) is 1.92. The Morgan fingerprint density at radius 1 is 1.24 bits per heavy atom. The molecule has 1 amide bonds. The zero-order valence-electron chi connectivity index (χ0n) is 12.0. The fraction of sp³-hybridized carbons (Fsp3) is 0.267. The molecule has 112 valence electrons. The summed E-state index contributed by atoms with van der Waals surface area (Å²) in [6.45, 7) is 1.93. The Morgan fingerprint density at radius 2 is 1.95 bits per heavy atom. The van der Waals surface area contributed by atoms with Gasteiger partial charge in [-0.2, -0.15) is 0 Å². The average Bonchev–Trinajstić information content (AvgIpc) is 2.92. The smallest absolute Gasteiger partial charge is 0.262 e. The fourth-order valence-corrected chi connectivity index (χ4v) is 3.38. The van der Waals surface area contributed by atoms with E-state index in [0.717, 1.165) is 10.0 Å². The summed E-state index contributed by atoms with van der Waals surface area (Å²) in [6.07, 6.45) is 0. The van der Waals surface area contributed by atoms with Crippen LogP contribution in [-0.2, 0) is 0 Å². The second kappa shape index (κ2) is 6.95. The minimum absolute atomic E-state index is 0.0980. The van der Waals surface area contributed by atoms with Gasteiger partial charge in [-0.1, -0.05) is 6.07 Å². The standard InChI is InChI=1S/C15H16BrNO3S/c1-9(17-15(18)14-11(16)6-7-21-14)10-4-5-12(19-2)13(8-10)20-3/h4-9H,1-3H3,(H,17,18). The van der Waals surface area contributed by atoms with Crippen LogP contribution in [0.2, 0.25) is 0 Å². The maximum absolute atomic E-state index is 12.2. The highest BCUT2D eigenvalue weighted by atomic mass is 79.9. The van der Waals surface area contributed by atoms with Gasteiger partial charge >= 0.3 is 0 Å². The van der Waals surface area contributed by atoms with E-state index in [0.29, 0.717) is 16.4 Å². The topological polar surface area (TPSA) is 47.6 Å². The second-order valence-electron chi connectivity index (χ2n) is 4.41. The summed E-state index contributed by atoms with van der Waals surface area (Å²) < 4.78 is 11.3. The van der Waals surface area contributed by atoms with E-state index in [2.05, 4.69) is 21.2 Å². The summed E-state index contributed by atoms with van der Waals surface area (Å²) >= 11 is 4.77. The lowest BCUT2D eigenvalue weighted by molar-refractivity contribution is 0.0943. The molecule has 2 aromatic rings. The van der Waals surface area contributed by atoms with Crippen molar-refractivity contribution in [1.29, 1.82) is 0 Å². The van der Waals surface area contributed by atoms with E-state index >= 15 is 0 Å². The Kier molecular flexibility index (Phi) is 5.25. The van der Waals surface area contributed by atoms with E-state index in [4.69, 9.17) is 9.47 Å². The van der Waals surface area contributed by atoms with Gasteiger partial charge in [-0.15, -0.1) is 11.3 Å². The summed E-state index contributed by atoms with van der Waals surface area (Å²) in [7, 11) is 3.19. The number of hydrogen-bond acceptors (Lipinski definition) is 4. The molecule has 2 rings (SSSR count). The van der Waals surface area contributed by atoms with E-state index in [1.807, 2.05) is 36.6 Å². The molecule has 1 atom stereocenters. The lowest BCUT2D eigenvalue weighted by atomic mass is 10.1. The van der Waals surface area contributed by atoms with Crippen LogP contribution in [0, 0.1) is 0 Å². The molecular weight excluding hydrogens is 354 g/mol. The molecule has 0 aliphatic rings. The molecule has 0 spiro atoms. The van der Waals surface area contributed by atoms with Crippen molar-refractivity contribution in [2.45, 2.75) is 13.0 Å². The van der Waals surface area contributed by atoms with Crippen molar-refractivity contribution in [2.24, 2.45) is 0 Å². The largest absolute Gasteiger partial charge is 0.493 e. The Labute approximate surface area is 136 Å². The van der Waals surface area contributed by atoms with Gasteiger partial charge in [-0.3, -0.25) is 4.79 Å². The molecule has 0 fully saturated rings. The van der Waals surface area contributed by atoms with E-state index in [9.17, 15) is 4.79 Å². The molecule has 0 aliphatic heterocycles. The minimum atomic E-state index is -0.133. The predicted molar refractivity (Wildman–Crippen MR) is 87.4 cm³/mol. The van der Waals surface area contributed by atoms with Gasteiger partial charge in [0.1, 0.15) is 4.88 Å². The molecular formula is C15H16BrNO3S. The number of hydrogen-bond donors (Lipinski definition) is 1. The van der Waals surface area contributed by atoms with Crippen molar-refractivity contribution >= 4 is 33.2 Å². The highest BCUT2D eigenvalue weighted by molar-refractivity contribution is 9.10. The lowest BCUT2D eigenvalue weighted by Gasteiger charge is -2.16. The van der Waals surface area contributed by atoms with Gasteiger partial charge in [0, 0.05) is 4.47 Å². The molecule has 21 heavy (non-hydrogen) atoms. The van der Waals surface area contributed by atoms with E-state index in [1.54, 1.807) is 14.2 Å². The normalized spacial score (nSPS) is 11.8. The number of rotatable bonds is 5. The van der Waals surface area contributed by atoms with Crippen LogP contribution in [0.5, 0.6) is 11.5 Å². The molecule has 1 aromatic carbocycles. The van der Waals surface area contributed by atoms with Crippen LogP contribution in [0.4, 0.5) is 0 Å². The molecule has 1 aromatic heterocycles. The van der Waals surface area contributed by atoms with E-state index in [1.165, 1.54) is 11.3 Å². The third kappa shape index (κ3) is 3.57. The van der Waals surface area contributed by atoms with Crippen LogP contribution in [0.3, 0.4) is 0 Å². The summed E-state index contributed by atoms with van der Waals surface area (Å²) in [5.41, 5.74) is 0.952. The summed E-state index contributed by atoms with van der Waals surface area (Å²) in [5, 5.41) is 4.85. The first-order valence-corrected chi connectivity index (χ1v) is 8.00.